The highest BCUT2D eigenvalue weighted by molar-refractivity contribution is 5.14. The Labute approximate surface area is 118 Å². The van der Waals surface area contributed by atoms with E-state index in [0.717, 1.165) is 25.5 Å². The molecule has 0 saturated heterocycles. The molecule has 2 N–H and O–H groups in total. The Kier molecular flexibility index (Phi) is 4.59. The Morgan fingerprint density at radius 3 is 2.42 bits per heavy atom. The summed E-state index contributed by atoms with van der Waals surface area (Å²) in [7, 11) is 2.23. The number of hydrogen-bond acceptors (Lipinski definition) is 3. The van der Waals surface area contributed by atoms with E-state index in [1.54, 1.807) is 0 Å². The van der Waals surface area contributed by atoms with Crippen molar-refractivity contribution < 1.29 is 4.74 Å². The van der Waals surface area contributed by atoms with Crippen LogP contribution in [-0.2, 0) is 4.74 Å². The van der Waals surface area contributed by atoms with Gasteiger partial charge in [0.25, 0.3) is 0 Å². The van der Waals surface area contributed by atoms with E-state index in [1.807, 2.05) is 0 Å². The highest BCUT2D eigenvalue weighted by atomic mass is 16.5. The van der Waals surface area contributed by atoms with Gasteiger partial charge in [0.1, 0.15) is 0 Å². The average Bonchev–Trinajstić information content (AvgIpc) is 2.81. The third-order valence-electron chi connectivity index (χ3n) is 5.60. The molecule has 2 rings (SSSR count). The van der Waals surface area contributed by atoms with Crippen molar-refractivity contribution in [1.29, 1.82) is 0 Å². The summed E-state index contributed by atoms with van der Waals surface area (Å²) in [5.74, 6) is 0.902. The first kappa shape index (κ1) is 15.3. The lowest BCUT2D eigenvalue weighted by Crippen LogP contribution is -2.73. The smallest absolute Gasteiger partial charge is 0.0662 e. The summed E-state index contributed by atoms with van der Waals surface area (Å²) in [6, 6.07) is 0. The molecule has 0 aromatic rings. The van der Waals surface area contributed by atoms with Gasteiger partial charge < -0.3 is 15.4 Å². The average molecular weight is 268 g/mol. The summed E-state index contributed by atoms with van der Waals surface area (Å²) in [5.41, 5.74) is 6.66. The van der Waals surface area contributed by atoms with Crippen LogP contribution in [-0.4, -0.2) is 43.3 Å². The molecule has 3 heteroatoms. The Bertz CT molecular complexity index is 299. The fourth-order valence-corrected chi connectivity index (χ4v) is 3.96. The van der Waals surface area contributed by atoms with E-state index in [-0.39, 0.29) is 11.0 Å². The van der Waals surface area contributed by atoms with Gasteiger partial charge in [0.15, 0.2) is 0 Å². The summed E-state index contributed by atoms with van der Waals surface area (Å²) < 4.78 is 5.81. The maximum Gasteiger partial charge on any atom is 0.0662 e. The molecule has 2 fully saturated rings. The molecule has 3 nitrogen and oxygen atoms in total. The highest BCUT2D eigenvalue weighted by Crippen LogP contribution is 2.50. The molecular weight excluding hydrogens is 236 g/mol. The van der Waals surface area contributed by atoms with Crippen LogP contribution < -0.4 is 5.73 Å². The van der Waals surface area contributed by atoms with Gasteiger partial charge in [-0.1, -0.05) is 26.7 Å². The van der Waals surface area contributed by atoms with Gasteiger partial charge in [-0.25, -0.2) is 0 Å². The summed E-state index contributed by atoms with van der Waals surface area (Å²) in [4.78, 5) is 2.46. The zero-order valence-electron chi connectivity index (χ0n) is 13.2. The van der Waals surface area contributed by atoms with Crippen LogP contribution in [0.3, 0.4) is 0 Å². The maximum absolute atomic E-state index is 6.65. The Morgan fingerprint density at radius 2 is 1.89 bits per heavy atom. The molecule has 19 heavy (non-hydrogen) atoms. The van der Waals surface area contributed by atoms with Gasteiger partial charge in [0.05, 0.1) is 6.10 Å². The third-order valence-corrected chi connectivity index (χ3v) is 5.60. The lowest BCUT2D eigenvalue weighted by atomic mass is 9.54. The van der Waals surface area contributed by atoms with Crippen LogP contribution in [0.15, 0.2) is 0 Å². The highest BCUT2D eigenvalue weighted by Gasteiger charge is 2.58. The second-order valence-corrected chi connectivity index (χ2v) is 7.37. The lowest BCUT2D eigenvalue weighted by Gasteiger charge is -2.60. The number of ether oxygens (including phenoxy) is 1. The molecule has 0 radical (unpaired) electrons. The summed E-state index contributed by atoms with van der Waals surface area (Å²) in [6.45, 7) is 9.61. The standard InChI is InChI=1S/C16H32N2O/c1-5-19-14-10-16(17,15(14,2)3)12-18(4)11-13-8-6-7-9-13/h13-14H,5-12,17H2,1-4H3. The van der Waals surface area contributed by atoms with E-state index >= 15 is 0 Å². The van der Waals surface area contributed by atoms with E-state index in [9.17, 15) is 0 Å². The molecule has 0 aromatic heterocycles. The van der Waals surface area contributed by atoms with Crippen molar-refractivity contribution in [2.45, 2.75) is 64.5 Å². The predicted molar refractivity (Wildman–Crippen MR) is 80.2 cm³/mol. The first-order chi connectivity index (χ1) is 8.89. The second kappa shape index (κ2) is 5.71. The monoisotopic (exact) mass is 268 g/mol. The number of nitrogens with two attached hydrogens (primary N) is 1. The second-order valence-electron chi connectivity index (χ2n) is 7.37. The fourth-order valence-electron chi connectivity index (χ4n) is 3.96. The van der Waals surface area contributed by atoms with Crippen LogP contribution in [0.4, 0.5) is 0 Å². The zero-order valence-corrected chi connectivity index (χ0v) is 13.2. The van der Waals surface area contributed by atoms with Crippen molar-refractivity contribution in [3.05, 3.63) is 0 Å². The van der Waals surface area contributed by atoms with Crippen molar-refractivity contribution in [1.82, 2.24) is 4.90 Å². The molecule has 0 aromatic carbocycles. The van der Waals surface area contributed by atoms with Crippen LogP contribution in [0.2, 0.25) is 0 Å². The quantitative estimate of drug-likeness (QED) is 0.805. The van der Waals surface area contributed by atoms with Gasteiger partial charge >= 0.3 is 0 Å². The molecular formula is C16H32N2O. The first-order valence-corrected chi connectivity index (χ1v) is 7.98. The number of likely N-dealkylation sites (N-methyl/N-ethyl adjacent to an activating group) is 1. The van der Waals surface area contributed by atoms with Crippen LogP contribution in [0.1, 0.15) is 52.9 Å². The Morgan fingerprint density at radius 1 is 1.26 bits per heavy atom. The molecule has 0 amide bonds. The summed E-state index contributed by atoms with van der Waals surface area (Å²) in [5, 5.41) is 0. The maximum atomic E-state index is 6.65. The topological polar surface area (TPSA) is 38.5 Å². The van der Waals surface area contributed by atoms with E-state index in [2.05, 4.69) is 32.7 Å². The molecule has 2 aliphatic carbocycles. The van der Waals surface area contributed by atoms with E-state index in [1.165, 1.54) is 32.2 Å². The number of nitrogens with zero attached hydrogens (tertiary/aromatic N) is 1. The molecule has 0 aliphatic heterocycles. The normalized spacial score (nSPS) is 34.7. The zero-order chi connectivity index (χ0) is 14.1. The minimum atomic E-state index is -0.0831. The number of hydrogen-bond donors (Lipinski definition) is 1. The SMILES string of the molecule is CCOC1CC(N)(CN(C)CC2CCCC2)C1(C)C. The van der Waals surface area contributed by atoms with Gasteiger partial charge in [0.2, 0.25) is 0 Å². The lowest BCUT2D eigenvalue weighted by molar-refractivity contribution is -0.155. The number of rotatable bonds is 6. The molecule has 2 saturated carbocycles. The van der Waals surface area contributed by atoms with Crippen LogP contribution in [0.5, 0.6) is 0 Å². The van der Waals surface area contributed by atoms with Gasteiger partial charge in [0, 0.05) is 30.7 Å². The Hall–Kier alpha value is -0.120. The van der Waals surface area contributed by atoms with Gasteiger partial charge in [-0.3, -0.25) is 0 Å². The van der Waals surface area contributed by atoms with E-state index in [4.69, 9.17) is 10.5 Å². The van der Waals surface area contributed by atoms with Crippen LogP contribution in [0.25, 0.3) is 0 Å². The largest absolute Gasteiger partial charge is 0.378 e. The van der Waals surface area contributed by atoms with Crippen molar-refractivity contribution in [3.63, 3.8) is 0 Å². The van der Waals surface area contributed by atoms with Gasteiger partial charge in [-0.05, 0) is 39.2 Å². The third kappa shape index (κ3) is 2.98. The van der Waals surface area contributed by atoms with Gasteiger partial charge in [-0.15, -0.1) is 0 Å². The van der Waals surface area contributed by atoms with Crippen molar-refractivity contribution in [3.8, 4) is 0 Å². The van der Waals surface area contributed by atoms with Crippen molar-refractivity contribution in [2.75, 3.05) is 26.7 Å². The fraction of sp³-hybridized carbons (Fsp3) is 1.00. The molecule has 0 spiro atoms. The molecule has 2 aliphatic rings. The molecule has 2 atom stereocenters. The molecule has 0 bridgehead atoms. The summed E-state index contributed by atoms with van der Waals surface area (Å²) in [6.07, 6.45) is 7.00. The van der Waals surface area contributed by atoms with E-state index < -0.39 is 0 Å². The molecule has 112 valence electrons. The Balaban J connectivity index is 1.84. The van der Waals surface area contributed by atoms with Crippen molar-refractivity contribution in [2.24, 2.45) is 17.1 Å². The first-order valence-electron chi connectivity index (χ1n) is 7.98. The minimum Gasteiger partial charge on any atom is -0.378 e. The minimum absolute atomic E-state index is 0.0831. The van der Waals surface area contributed by atoms with Crippen LogP contribution in [0, 0.1) is 11.3 Å². The van der Waals surface area contributed by atoms with Crippen molar-refractivity contribution >= 4 is 0 Å². The van der Waals surface area contributed by atoms with Crippen LogP contribution >= 0.6 is 0 Å². The van der Waals surface area contributed by atoms with Gasteiger partial charge in [-0.2, -0.15) is 0 Å². The molecule has 0 heterocycles. The predicted octanol–water partition coefficient (Wildman–Crippen LogP) is 2.64. The van der Waals surface area contributed by atoms with E-state index in [0.29, 0.717) is 6.10 Å². The summed E-state index contributed by atoms with van der Waals surface area (Å²) >= 11 is 0. The molecule has 2 unspecified atom stereocenters.